The summed E-state index contributed by atoms with van der Waals surface area (Å²) in [4.78, 5) is 14.4. The van der Waals surface area contributed by atoms with Crippen LogP contribution in [0.15, 0.2) is 42.5 Å². The molecule has 2 amide bonds. The van der Waals surface area contributed by atoms with Crippen molar-refractivity contribution in [2.45, 2.75) is 18.9 Å². The minimum atomic E-state index is -0.287. The maximum Gasteiger partial charge on any atom is 0.322 e. The summed E-state index contributed by atoms with van der Waals surface area (Å²) in [6.07, 6.45) is 1.71. The minimum Gasteiger partial charge on any atom is -0.493 e. The van der Waals surface area contributed by atoms with Gasteiger partial charge in [0.15, 0.2) is 11.5 Å². The van der Waals surface area contributed by atoms with E-state index in [9.17, 15) is 9.18 Å². The van der Waals surface area contributed by atoms with E-state index in [1.165, 1.54) is 12.1 Å². The molecule has 25 heavy (non-hydrogen) atoms. The van der Waals surface area contributed by atoms with Gasteiger partial charge in [-0.25, -0.2) is 9.18 Å². The molecule has 6 heteroatoms. The summed E-state index contributed by atoms with van der Waals surface area (Å²) in [5, 5.41) is 2.88. The molecule has 0 aromatic heterocycles. The molecule has 1 saturated heterocycles. The number of halogens is 1. The van der Waals surface area contributed by atoms with Crippen molar-refractivity contribution in [3.63, 3.8) is 0 Å². The first-order valence-corrected chi connectivity index (χ1v) is 8.17. The predicted molar refractivity (Wildman–Crippen MR) is 93.6 cm³/mol. The number of nitrogens with one attached hydrogen (secondary N) is 1. The van der Waals surface area contributed by atoms with Gasteiger partial charge in [0.25, 0.3) is 0 Å². The molecule has 5 nitrogen and oxygen atoms in total. The molecule has 0 unspecified atom stereocenters. The highest BCUT2D eigenvalue weighted by molar-refractivity contribution is 5.90. The van der Waals surface area contributed by atoms with Gasteiger partial charge in [0.05, 0.1) is 20.3 Å². The molecule has 0 bridgehead atoms. The zero-order valence-corrected chi connectivity index (χ0v) is 14.3. The predicted octanol–water partition coefficient (Wildman–Crippen LogP) is 4.21. The second-order valence-corrected chi connectivity index (χ2v) is 5.91. The van der Waals surface area contributed by atoms with Crippen molar-refractivity contribution in [3.8, 4) is 11.5 Å². The van der Waals surface area contributed by atoms with Crippen LogP contribution < -0.4 is 14.8 Å². The van der Waals surface area contributed by atoms with Crippen LogP contribution in [0.3, 0.4) is 0 Å². The highest BCUT2D eigenvalue weighted by Crippen LogP contribution is 2.34. The van der Waals surface area contributed by atoms with Crippen LogP contribution in [0.5, 0.6) is 11.5 Å². The van der Waals surface area contributed by atoms with Crippen LogP contribution in [0.4, 0.5) is 14.9 Å². The number of carbonyl (C=O) groups excluding carboxylic acids is 1. The van der Waals surface area contributed by atoms with E-state index < -0.39 is 0 Å². The molecule has 0 spiro atoms. The third kappa shape index (κ3) is 3.68. The lowest BCUT2D eigenvalue weighted by atomic mass is 10.0. The lowest BCUT2D eigenvalue weighted by Gasteiger charge is -2.25. The smallest absolute Gasteiger partial charge is 0.322 e. The fourth-order valence-corrected chi connectivity index (χ4v) is 3.18. The zero-order valence-electron chi connectivity index (χ0n) is 14.3. The number of benzene rings is 2. The summed E-state index contributed by atoms with van der Waals surface area (Å²) in [6, 6.07) is 11.3. The Balaban J connectivity index is 1.76. The summed E-state index contributed by atoms with van der Waals surface area (Å²) < 4.78 is 24.0. The highest BCUT2D eigenvalue weighted by atomic mass is 19.1. The number of hydrogen-bond donors (Lipinski definition) is 1. The van der Waals surface area contributed by atoms with E-state index in [-0.39, 0.29) is 17.9 Å². The SMILES string of the molecule is COc1ccc(NC(=O)N2CCC[C@@H]2c2cccc(F)c2)cc1OC. The standard InChI is InChI=1S/C19H21FN2O3/c1-24-17-9-8-15(12-18(17)25-2)21-19(23)22-10-4-7-16(22)13-5-3-6-14(20)11-13/h3,5-6,8-9,11-12,16H,4,7,10H2,1-2H3,(H,21,23)/t16-/m1/s1. The molecule has 1 atom stereocenters. The van der Waals surface area contributed by atoms with Gasteiger partial charge in [-0.15, -0.1) is 0 Å². The van der Waals surface area contributed by atoms with E-state index in [0.717, 1.165) is 18.4 Å². The van der Waals surface area contributed by atoms with Gasteiger partial charge in [-0.05, 0) is 42.7 Å². The molecule has 0 radical (unpaired) electrons. The second kappa shape index (κ2) is 7.42. The van der Waals surface area contributed by atoms with E-state index >= 15 is 0 Å². The summed E-state index contributed by atoms with van der Waals surface area (Å²) in [6.45, 7) is 0.639. The monoisotopic (exact) mass is 344 g/mol. The molecule has 0 aliphatic carbocycles. The van der Waals surface area contributed by atoms with Gasteiger partial charge in [-0.3, -0.25) is 0 Å². The Hall–Kier alpha value is -2.76. The van der Waals surface area contributed by atoms with E-state index in [1.54, 1.807) is 43.4 Å². The van der Waals surface area contributed by atoms with Crippen molar-refractivity contribution in [2.24, 2.45) is 0 Å². The molecule has 1 aliphatic rings. The number of carbonyl (C=O) groups is 1. The van der Waals surface area contributed by atoms with Crippen molar-refractivity contribution in [1.29, 1.82) is 0 Å². The molecule has 3 rings (SSSR count). The van der Waals surface area contributed by atoms with Gasteiger partial charge in [-0.2, -0.15) is 0 Å². The van der Waals surface area contributed by atoms with Crippen molar-refractivity contribution in [1.82, 2.24) is 4.90 Å². The number of likely N-dealkylation sites (tertiary alicyclic amines) is 1. The van der Waals surface area contributed by atoms with Crippen LogP contribution in [0.2, 0.25) is 0 Å². The maximum absolute atomic E-state index is 13.5. The zero-order chi connectivity index (χ0) is 17.8. The number of hydrogen-bond acceptors (Lipinski definition) is 3. The number of ether oxygens (including phenoxy) is 2. The Kier molecular flexibility index (Phi) is 5.07. The van der Waals surface area contributed by atoms with Gasteiger partial charge in [-0.1, -0.05) is 12.1 Å². The van der Waals surface area contributed by atoms with Gasteiger partial charge >= 0.3 is 6.03 Å². The Bertz CT molecular complexity index is 766. The summed E-state index contributed by atoms with van der Waals surface area (Å²) in [5.74, 6) is 0.854. The van der Waals surface area contributed by atoms with Gasteiger partial charge < -0.3 is 19.7 Å². The maximum atomic E-state index is 13.5. The average molecular weight is 344 g/mol. The van der Waals surface area contributed by atoms with Crippen LogP contribution in [0.1, 0.15) is 24.4 Å². The molecule has 2 aromatic rings. The number of methoxy groups -OCH3 is 2. The van der Waals surface area contributed by atoms with Crippen LogP contribution >= 0.6 is 0 Å². The molecule has 2 aromatic carbocycles. The first kappa shape index (κ1) is 17.1. The van der Waals surface area contributed by atoms with Gasteiger partial charge in [0.2, 0.25) is 0 Å². The fraction of sp³-hybridized carbons (Fsp3) is 0.316. The molecule has 1 aliphatic heterocycles. The van der Waals surface area contributed by atoms with Crippen molar-refractivity contribution < 1.29 is 18.7 Å². The van der Waals surface area contributed by atoms with E-state index in [0.29, 0.717) is 23.7 Å². The topological polar surface area (TPSA) is 50.8 Å². The first-order valence-electron chi connectivity index (χ1n) is 8.17. The van der Waals surface area contributed by atoms with E-state index in [2.05, 4.69) is 5.32 Å². The van der Waals surface area contributed by atoms with Crippen molar-refractivity contribution in [3.05, 3.63) is 53.8 Å². The van der Waals surface area contributed by atoms with Crippen LogP contribution in [-0.2, 0) is 0 Å². The molecule has 0 saturated carbocycles. The number of amides is 2. The summed E-state index contributed by atoms with van der Waals surface area (Å²) in [7, 11) is 3.10. The molecule has 1 fully saturated rings. The molecule has 1 N–H and O–H groups in total. The van der Waals surface area contributed by atoms with Crippen LogP contribution in [0.25, 0.3) is 0 Å². The van der Waals surface area contributed by atoms with Gasteiger partial charge in [0, 0.05) is 18.3 Å². The minimum absolute atomic E-state index is 0.115. The summed E-state index contributed by atoms with van der Waals surface area (Å²) >= 11 is 0. The second-order valence-electron chi connectivity index (χ2n) is 5.91. The molecular weight excluding hydrogens is 323 g/mol. The van der Waals surface area contributed by atoms with Crippen LogP contribution in [0, 0.1) is 5.82 Å². The largest absolute Gasteiger partial charge is 0.493 e. The average Bonchev–Trinajstić information content (AvgIpc) is 3.11. The lowest BCUT2D eigenvalue weighted by molar-refractivity contribution is 0.207. The molecule has 1 heterocycles. The quantitative estimate of drug-likeness (QED) is 0.904. The Morgan fingerprint density at radius 2 is 1.96 bits per heavy atom. The highest BCUT2D eigenvalue weighted by Gasteiger charge is 2.30. The number of anilines is 1. The van der Waals surface area contributed by atoms with E-state index in [1.807, 2.05) is 6.07 Å². The van der Waals surface area contributed by atoms with Gasteiger partial charge in [0.1, 0.15) is 5.82 Å². The normalized spacial score (nSPS) is 16.6. The van der Waals surface area contributed by atoms with Crippen molar-refractivity contribution >= 4 is 11.7 Å². The van der Waals surface area contributed by atoms with Crippen LogP contribution in [-0.4, -0.2) is 31.7 Å². The summed E-state index contributed by atoms with van der Waals surface area (Å²) in [5.41, 5.74) is 1.44. The third-order valence-corrected chi connectivity index (χ3v) is 4.38. The number of urea groups is 1. The fourth-order valence-electron chi connectivity index (χ4n) is 3.18. The van der Waals surface area contributed by atoms with Crippen molar-refractivity contribution in [2.75, 3.05) is 26.1 Å². The molecule has 132 valence electrons. The lowest BCUT2D eigenvalue weighted by Crippen LogP contribution is -2.34. The van der Waals surface area contributed by atoms with E-state index in [4.69, 9.17) is 9.47 Å². The first-order chi connectivity index (χ1) is 12.1. The Morgan fingerprint density at radius 1 is 1.16 bits per heavy atom. The third-order valence-electron chi connectivity index (χ3n) is 4.38. The Morgan fingerprint density at radius 3 is 2.68 bits per heavy atom. The molecular formula is C19H21FN2O3. The number of rotatable bonds is 4. The number of nitrogens with zero attached hydrogens (tertiary/aromatic N) is 1. The Labute approximate surface area is 146 Å².